The van der Waals surface area contributed by atoms with Crippen LogP contribution in [0.3, 0.4) is 0 Å². The van der Waals surface area contributed by atoms with Crippen LogP contribution in [0, 0.1) is 0 Å². The van der Waals surface area contributed by atoms with E-state index in [4.69, 9.17) is 11.7 Å². The van der Waals surface area contributed by atoms with Gasteiger partial charge in [-0.15, -0.1) is 0 Å². The maximum Gasteiger partial charge on any atom is 0.266 e. The first-order valence-corrected chi connectivity index (χ1v) is 8.28. The van der Waals surface area contributed by atoms with Gasteiger partial charge in [-0.1, -0.05) is 54.2 Å². The first-order valence-electron chi connectivity index (χ1n) is 7.46. The van der Waals surface area contributed by atoms with E-state index in [0.29, 0.717) is 5.39 Å². The highest BCUT2D eigenvalue weighted by Gasteiger charge is 2.22. The van der Waals surface area contributed by atoms with Gasteiger partial charge in [0.15, 0.2) is 0 Å². The fourth-order valence-electron chi connectivity index (χ4n) is 2.62. The number of amides is 2. The molecule has 0 aliphatic heterocycles. The average molecular weight is 352 g/mol. The molecule has 6 nitrogen and oxygen atoms in total. The van der Waals surface area contributed by atoms with Crippen LogP contribution in [0.25, 0.3) is 10.8 Å². The van der Waals surface area contributed by atoms with Gasteiger partial charge >= 0.3 is 0 Å². The van der Waals surface area contributed by atoms with E-state index in [1.165, 1.54) is 11.8 Å². The molecule has 3 aromatic carbocycles. The van der Waals surface area contributed by atoms with Crippen LogP contribution < -0.4 is 22.5 Å². The molecule has 3 aromatic rings. The summed E-state index contributed by atoms with van der Waals surface area (Å²) in [5.74, 6) is 9.49. The van der Waals surface area contributed by atoms with Crippen molar-refractivity contribution < 1.29 is 9.59 Å². The summed E-state index contributed by atoms with van der Waals surface area (Å²) in [6.45, 7) is 0. The molecule has 0 saturated heterocycles. The zero-order valence-electron chi connectivity index (χ0n) is 13.2. The molecule has 0 heterocycles. The lowest BCUT2D eigenvalue weighted by Crippen LogP contribution is -2.35. The lowest BCUT2D eigenvalue weighted by atomic mass is 9.97. The largest absolute Gasteiger partial charge is 0.290 e. The lowest BCUT2D eigenvalue weighted by Gasteiger charge is -2.14. The van der Waals surface area contributed by atoms with Gasteiger partial charge in [-0.05, 0) is 29.0 Å². The van der Waals surface area contributed by atoms with Crippen molar-refractivity contribution in [2.45, 2.75) is 9.79 Å². The Morgan fingerprint density at radius 2 is 1.40 bits per heavy atom. The smallest absolute Gasteiger partial charge is 0.266 e. The number of rotatable bonds is 4. The van der Waals surface area contributed by atoms with E-state index in [1.54, 1.807) is 18.2 Å². The second-order valence-electron chi connectivity index (χ2n) is 5.20. The Hall–Kier alpha value is -2.87. The summed E-state index contributed by atoms with van der Waals surface area (Å²) in [4.78, 5) is 26.4. The average Bonchev–Trinajstić information content (AvgIpc) is 2.67. The third-order valence-corrected chi connectivity index (χ3v) is 4.78. The van der Waals surface area contributed by atoms with E-state index in [2.05, 4.69) is 10.9 Å². The summed E-state index contributed by atoms with van der Waals surface area (Å²) in [5, 5.41) is 1.48. The standard InChI is InChI=1S/C18H16N4O2S/c19-21-17(23)14-10-15(25-11-6-2-1-3-7-11)12-8-4-5-9-13(12)16(14)18(24)22-20/h1-10H,19-20H2,(H,21,23)(H,22,24). The van der Waals surface area contributed by atoms with Gasteiger partial charge in [-0.2, -0.15) is 0 Å². The van der Waals surface area contributed by atoms with Crippen LogP contribution in [0.15, 0.2) is 70.5 Å². The van der Waals surface area contributed by atoms with Gasteiger partial charge in [0.25, 0.3) is 11.8 Å². The summed E-state index contributed by atoms with van der Waals surface area (Å²) in [6, 6.07) is 18.8. The summed E-state index contributed by atoms with van der Waals surface area (Å²) in [6.07, 6.45) is 0. The van der Waals surface area contributed by atoms with Gasteiger partial charge in [0, 0.05) is 9.79 Å². The minimum absolute atomic E-state index is 0.169. The number of hydrazine groups is 2. The van der Waals surface area contributed by atoms with E-state index in [-0.39, 0.29) is 11.1 Å². The normalized spacial score (nSPS) is 10.5. The fourth-order valence-corrected chi connectivity index (χ4v) is 3.63. The van der Waals surface area contributed by atoms with Gasteiger partial charge in [-0.25, -0.2) is 11.7 Å². The van der Waals surface area contributed by atoms with Crippen LogP contribution >= 0.6 is 11.8 Å². The quantitative estimate of drug-likeness (QED) is 0.327. The molecule has 6 N–H and O–H groups in total. The topological polar surface area (TPSA) is 110 Å². The predicted molar refractivity (Wildman–Crippen MR) is 97.8 cm³/mol. The van der Waals surface area contributed by atoms with Crippen molar-refractivity contribution >= 4 is 34.3 Å². The third-order valence-electron chi connectivity index (χ3n) is 3.71. The molecular formula is C18H16N4O2S. The van der Waals surface area contributed by atoms with E-state index >= 15 is 0 Å². The molecule has 25 heavy (non-hydrogen) atoms. The van der Waals surface area contributed by atoms with Crippen molar-refractivity contribution in [3.8, 4) is 0 Å². The first kappa shape index (κ1) is 17.0. The maximum absolute atomic E-state index is 12.3. The minimum Gasteiger partial charge on any atom is -0.290 e. The molecule has 0 radical (unpaired) electrons. The molecule has 0 saturated carbocycles. The molecule has 0 aliphatic rings. The molecule has 0 fully saturated rings. The summed E-state index contributed by atoms with van der Waals surface area (Å²) < 4.78 is 0. The molecule has 7 heteroatoms. The zero-order valence-corrected chi connectivity index (χ0v) is 14.0. The van der Waals surface area contributed by atoms with Crippen LogP contribution in [0.2, 0.25) is 0 Å². The lowest BCUT2D eigenvalue weighted by molar-refractivity contribution is 0.0921. The Balaban J connectivity index is 2.27. The molecule has 0 aromatic heterocycles. The molecular weight excluding hydrogens is 336 g/mol. The molecule has 0 aliphatic carbocycles. The summed E-state index contributed by atoms with van der Waals surface area (Å²) in [5.41, 5.74) is 4.54. The number of nitrogens with one attached hydrogen (secondary N) is 2. The molecule has 3 rings (SSSR count). The number of fused-ring (bicyclic) bond motifs is 1. The predicted octanol–water partition coefficient (Wildman–Crippen LogP) is 2.20. The van der Waals surface area contributed by atoms with Crippen molar-refractivity contribution in [1.29, 1.82) is 0 Å². The molecule has 0 atom stereocenters. The van der Waals surface area contributed by atoms with E-state index in [1.807, 2.05) is 42.5 Å². The van der Waals surface area contributed by atoms with Crippen molar-refractivity contribution in [2.75, 3.05) is 0 Å². The van der Waals surface area contributed by atoms with Crippen molar-refractivity contribution in [2.24, 2.45) is 11.7 Å². The SMILES string of the molecule is NNC(=O)c1cc(Sc2ccccc2)c2ccccc2c1C(=O)NN. The minimum atomic E-state index is -0.556. The molecule has 0 unspecified atom stereocenters. The maximum atomic E-state index is 12.3. The van der Waals surface area contributed by atoms with Gasteiger partial charge in [0.05, 0.1) is 11.1 Å². The number of carbonyl (C=O) groups is 2. The second-order valence-corrected chi connectivity index (χ2v) is 6.32. The van der Waals surface area contributed by atoms with Crippen molar-refractivity contribution in [3.05, 3.63) is 71.8 Å². The van der Waals surface area contributed by atoms with Crippen LogP contribution in [0.5, 0.6) is 0 Å². The van der Waals surface area contributed by atoms with Crippen LogP contribution in [0.4, 0.5) is 0 Å². The Bertz CT molecular complexity index is 944. The number of carbonyl (C=O) groups excluding carboxylic acids is 2. The highest BCUT2D eigenvalue weighted by atomic mass is 32.2. The van der Waals surface area contributed by atoms with Gasteiger partial charge in [0.1, 0.15) is 0 Å². The number of benzene rings is 3. The summed E-state index contributed by atoms with van der Waals surface area (Å²) in [7, 11) is 0. The van der Waals surface area contributed by atoms with E-state index < -0.39 is 11.8 Å². The molecule has 0 spiro atoms. The molecule has 0 bridgehead atoms. The second kappa shape index (κ2) is 7.35. The number of nitrogen functional groups attached to an aromatic ring is 2. The van der Waals surface area contributed by atoms with Gasteiger partial charge in [-0.3, -0.25) is 20.4 Å². The summed E-state index contributed by atoms with van der Waals surface area (Å²) >= 11 is 1.50. The third kappa shape index (κ3) is 3.34. The number of nitrogens with two attached hydrogens (primary N) is 2. The number of hydrogen-bond donors (Lipinski definition) is 4. The van der Waals surface area contributed by atoms with E-state index in [0.717, 1.165) is 15.2 Å². The van der Waals surface area contributed by atoms with Gasteiger partial charge in [0.2, 0.25) is 0 Å². The van der Waals surface area contributed by atoms with Crippen molar-refractivity contribution in [3.63, 3.8) is 0 Å². The van der Waals surface area contributed by atoms with Crippen LogP contribution in [0.1, 0.15) is 20.7 Å². The monoisotopic (exact) mass is 352 g/mol. The van der Waals surface area contributed by atoms with Crippen LogP contribution in [-0.4, -0.2) is 11.8 Å². The Labute approximate surface area is 148 Å². The Morgan fingerprint density at radius 3 is 2.04 bits per heavy atom. The zero-order chi connectivity index (χ0) is 17.8. The molecule has 2 amide bonds. The highest BCUT2D eigenvalue weighted by molar-refractivity contribution is 7.99. The molecule has 126 valence electrons. The van der Waals surface area contributed by atoms with Crippen molar-refractivity contribution in [1.82, 2.24) is 10.9 Å². The van der Waals surface area contributed by atoms with E-state index in [9.17, 15) is 9.59 Å². The Kier molecular flexibility index (Phi) is 4.99. The van der Waals surface area contributed by atoms with Gasteiger partial charge < -0.3 is 0 Å². The first-order chi connectivity index (χ1) is 12.2. The number of hydrogen-bond acceptors (Lipinski definition) is 5. The van der Waals surface area contributed by atoms with Crippen LogP contribution in [-0.2, 0) is 0 Å². The highest BCUT2D eigenvalue weighted by Crippen LogP contribution is 2.36. The Morgan fingerprint density at radius 1 is 0.800 bits per heavy atom. The fraction of sp³-hybridized carbons (Fsp3) is 0.